The molecule has 0 aromatic heterocycles. The van der Waals surface area contributed by atoms with Gasteiger partial charge in [0.1, 0.15) is 5.82 Å². The lowest BCUT2D eigenvalue weighted by Gasteiger charge is -2.17. The highest BCUT2D eigenvalue weighted by Gasteiger charge is 2.13. The van der Waals surface area contributed by atoms with Gasteiger partial charge in [0.05, 0.1) is 7.11 Å². The highest BCUT2D eigenvalue weighted by Crippen LogP contribution is 2.19. The van der Waals surface area contributed by atoms with Crippen LogP contribution in [0.5, 0.6) is 5.75 Å². The van der Waals surface area contributed by atoms with Crippen molar-refractivity contribution < 1.29 is 13.5 Å². The summed E-state index contributed by atoms with van der Waals surface area (Å²) in [5.41, 5.74) is 4.00. The highest BCUT2D eigenvalue weighted by molar-refractivity contribution is 5.30. The first-order valence-corrected chi connectivity index (χ1v) is 6.66. The van der Waals surface area contributed by atoms with Crippen LogP contribution in [0.3, 0.4) is 0 Å². The third-order valence-corrected chi connectivity index (χ3v) is 3.36. The number of hydrazine groups is 1. The topological polar surface area (TPSA) is 47.3 Å². The summed E-state index contributed by atoms with van der Waals surface area (Å²) in [6, 6.07) is 11.1. The lowest BCUT2D eigenvalue weighted by molar-refractivity contribution is 0.386. The fourth-order valence-corrected chi connectivity index (χ4v) is 2.24. The maximum Gasteiger partial charge on any atom is 0.165 e. The second kappa shape index (κ2) is 7.15. The normalized spacial score (nSPS) is 12.2. The molecule has 0 saturated carbocycles. The Morgan fingerprint density at radius 3 is 2.48 bits per heavy atom. The number of methoxy groups -OCH3 is 1. The van der Waals surface area contributed by atoms with Crippen molar-refractivity contribution >= 4 is 0 Å². The third kappa shape index (κ3) is 4.00. The molecule has 0 bridgehead atoms. The fraction of sp³-hybridized carbons (Fsp3) is 0.250. The van der Waals surface area contributed by atoms with Crippen LogP contribution in [0.2, 0.25) is 0 Å². The standard InChI is InChI=1S/C16H18F2N2O/c1-21-16-7-6-11(9-15(16)18)8-13(20-19)10-12-4-2-3-5-14(12)17/h2-7,9,13,20H,8,10,19H2,1H3. The molecule has 3 N–H and O–H groups in total. The van der Waals surface area contributed by atoms with Gasteiger partial charge in [-0.2, -0.15) is 0 Å². The Kier molecular flexibility index (Phi) is 5.25. The van der Waals surface area contributed by atoms with Gasteiger partial charge in [-0.15, -0.1) is 0 Å². The fourth-order valence-electron chi connectivity index (χ4n) is 2.24. The van der Waals surface area contributed by atoms with Gasteiger partial charge >= 0.3 is 0 Å². The molecule has 21 heavy (non-hydrogen) atoms. The van der Waals surface area contributed by atoms with Crippen molar-refractivity contribution in [3.8, 4) is 5.75 Å². The number of hydrogen-bond donors (Lipinski definition) is 2. The van der Waals surface area contributed by atoms with Crippen molar-refractivity contribution in [2.75, 3.05) is 7.11 Å². The van der Waals surface area contributed by atoms with Gasteiger partial charge < -0.3 is 4.74 Å². The number of nitrogens with two attached hydrogens (primary N) is 1. The molecule has 2 aromatic carbocycles. The van der Waals surface area contributed by atoms with E-state index in [1.807, 2.05) is 0 Å². The zero-order valence-electron chi connectivity index (χ0n) is 11.8. The average Bonchev–Trinajstić information content (AvgIpc) is 2.49. The minimum absolute atomic E-state index is 0.185. The van der Waals surface area contributed by atoms with Crippen LogP contribution in [-0.4, -0.2) is 13.2 Å². The van der Waals surface area contributed by atoms with Crippen LogP contribution < -0.4 is 16.0 Å². The van der Waals surface area contributed by atoms with E-state index in [4.69, 9.17) is 10.6 Å². The molecule has 112 valence electrons. The van der Waals surface area contributed by atoms with Crippen molar-refractivity contribution in [2.24, 2.45) is 5.84 Å². The van der Waals surface area contributed by atoms with Crippen LogP contribution in [0.1, 0.15) is 11.1 Å². The van der Waals surface area contributed by atoms with Gasteiger partial charge in [-0.05, 0) is 42.2 Å². The molecule has 0 aliphatic heterocycles. The predicted octanol–water partition coefficient (Wildman–Crippen LogP) is 2.59. The van der Waals surface area contributed by atoms with Crippen molar-refractivity contribution in [3.05, 3.63) is 65.2 Å². The van der Waals surface area contributed by atoms with E-state index in [0.717, 1.165) is 5.56 Å². The summed E-state index contributed by atoms with van der Waals surface area (Å²) in [5, 5.41) is 0. The second-order valence-corrected chi connectivity index (χ2v) is 4.83. The van der Waals surface area contributed by atoms with E-state index in [2.05, 4.69) is 5.43 Å². The molecule has 1 unspecified atom stereocenters. The second-order valence-electron chi connectivity index (χ2n) is 4.83. The molecule has 2 rings (SSSR count). The zero-order chi connectivity index (χ0) is 15.2. The smallest absolute Gasteiger partial charge is 0.165 e. The maximum atomic E-state index is 13.7. The summed E-state index contributed by atoms with van der Waals surface area (Å²) in [6.45, 7) is 0. The van der Waals surface area contributed by atoms with Crippen LogP contribution in [0.25, 0.3) is 0 Å². The van der Waals surface area contributed by atoms with Crippen molar-refractivity contribution in [3.63, 3.8) is 0 Å². The number of hydrogen-bond acceptors (Lipinski definition) is 3. The Bertz CT molecular complexity index is 605. The van der Waals surface area contributed by atoms with Crippen molar-refractivity contribution in [1.82, 2.24) is 5.43 Å². The molecule has 0 saturated heterocycles. The number of ether oxygens (including phenoxy) is 1. The Labute approximate surface area is 122 Å². The number of benzene rings is 2. The number of nitrogens with one attached hydrogen (secondary N) is 1. The maximum absolute atomic E-state index is 13.7. The SMILES string of the molecule is COc1ccc(CC(Cc2ccccc2F)NN)cc1F. The monoisotopic (exact) mass is 292 g/mol. The van der Waals surface area contributed by atoms with E-state index in [1.165, 1.54) is 19.2 Å². The van der Waals surface area contributed by atoms with Gasteiger partial charge in [-0.1, -0.05) is 24.3 Å². The lowest BCUT2D eigenvalue weighted by Crippen LogP contribution is -2.38. The Morgan fingerprint density at radius 2 is 1.86 bits per heavy atom. The van der Waals surface area contributed by atoms with Crippen LogP contribution in [0.4, 0.5) is 8.78 Å². The van der Waals surface area contributed by atoms with E-state index in [9.17, 15) is 8.78 Å². The molecule has 3 nitrogen and oxygen atoms in total. The third-order valence-electron chi connectivity index (χ3n) is 3.36. The first-order valence-electron chi connectivity index (χ1n) is 6.66. The molecule has 0 aliphatic rings. The predicted molar refractivity (Wildman–Crippen MR) is 77.9 cm³/mol. The average molecular weight is 292 g/mol. The molecule has 0 amide bonds. The van der Waals surface area contributed by atoms with Gasteiger partial charge in [0.2, 0.25) is 0 Å². The first kappa shape index (κ1) is 15.4. The Morgan fingerprint density at radius 1 is 1.10 bits per heavy atom. The van der Waals surface area contributed by atoms with E-state index in [1.54, 1.807) is 30.3 Å². The molecule has 0 aliphatic carbocycles. The molecule has 5 heteroatoms. The molecule has 0 spiro atoms. The van der Waals surface area contributed by atoms with E-state index in [0.29, 0.717) is 18.4 Å². The molecular formula is C16H18F2N2O. The zero-order valence-corrected chi connectivity index (χ0v) is 11.8. The summed E-state index contributed by atoms with van der Waals surface area (Å²) in [4.78, 5) is 0. The largest absolute Gasteiger partial charge is 0.494 e. The summed E-state index contributed by atoms with van der Waals surface area (Å²) in [5.74, 6) is 5.04. The molecule has 2 aromatic rings. The summed E-state index contributed by atoms with van der Waals surface area (Å²) >= 11 is 0. The summed E-state index contributed by atoms with van der Waals surface area (Å²) < 4.78 is 32.2. The quantitative estimate of drug-likeness (QED) is 0.635. The highest BCUT2D eigenvalue weighted by atomic mass is 19.1. The molecule has 0 radical (unpaired) electrons. The van der Waals surface area contributed by atoms with Crippen molar-refractivity contribution in [1.29, 1.82) is 0 Å². The summed E-state index contributed by atoms with van der Waals surface area (Å²) in [6.07, 6.45) is 0.919. The minimum Gasteiger partial charge on any atom is -0.494 e. The summed E-state index contributed by atoms with van der Waals surface area (Å²) in [7, 11) is 1.42. The van der Waals surface area contributed by atoms with Crippen LogP contribution >= 0.6 is 0 Å². The molecule has 1 atom stereocenters. The Balaban J connectivity index is 2.09. The van der Waals surface area contributed by atoms with E-state index < -0.39 is 5.82 Å². The van der Waals surface area contributed by atoms with Gasteiger partial charge in [0.15, 0.2) is 11.6 Å². The van der Waals surface area contributed by atoms with Gasteiger partial charge in [0.25, 0.3) is 0 Å². The van der Waals surface area contributed by atoms with Crippen LogP contribution in [-0.2, 0) is 12.8 Å². The molecule has 0 fully saturated rings. The number of halogens is 2. The minimum atomic E-state index is -0.420. The molecular weight excluding hydrogens is 274 g/mol. The lowest BCUT2D eigenvalue weighted by atomic mass is 9.99. The van der Waals surface area contributed by atoms with Crippen LogP contribution in [0.15, 0.2) is 42.5 Å². The van der Waals surface area contributed by atoms with E-state index >= 15 is 0 Å². The number of rotatable bonds is 6. The van der Waals surface area contributed by atoms with Crippen LogP contribution in [0, 0.1) is 11.6 Å². The van der Waals surface area contributed by atoms with Gasteiger partial charge in [-0.25, -0.2) is 8.78 Å². The Hall–Kier alpha value is -1.98. The van der Waals surface area contributed by atoms with Crippen molar-refractivity contribution in [2.45, 2.75) is 18.9 Å². The van der Waals surface area contributed by atoms with E-state index in [-0.39, 0.29) is 17.6 Å². The van der Waals surface area contributed by atoms with Gasteiger partial charge in [-0.3, -0.25) is 11.3 Å². The first-order chi connectivity index (χ1) is 10.1. The van der Waals surface area contributed by atoms with Gasteiger partial charge in [0, 0.05) is 6.04 Å². The molecule has 0 heterocycles.